The number of amides is 3. The fourth-order valence-corrected chi connectivity index (χ4v) is 3.53. The Hall–Kier alpha value is -3.06. The maximum Gasteiger partial charge on any atom is 0.325 e. The van der Waals surface area contributed by atoms with Crippen LogP contribution in [-0.4, -0.2) is 21.8 Å². The molecule has 8 heteroatoms. The van der Waals surface area contributed by atoms with Crippen molar-refractivity contribution in [3.8, 4) is 0 Å². The van der Waals surface area contributed by atoms with Gasteiger partial charge in [-0.3, -0.25) is 9.69 Å². The lowest BCUT2D eigenvalue weighted by Crippen LogP contribution is -2.41. The van der Waals surface area contributed by atoms with Gasteiger partial charge in [0.05, 0.1) is 12.1 Å². The lowest BCUT2D eigenvalue weighted by molar-refractivity contribution is -0.131. The van der Waals surface area contributed by atoms with E-state index in [0.717, 1.165) is 28.5 Å². The maximum atomic E-state index is 14.2. The third-order valence-electron chi connectivity index (χ3n) is 4.82. The molecule has 1 saturated heterocycles. The first-order valence-corrected chi connectivity index (χ1v) is 8.81. The van der Waals surface area contributed by atoms with E-state index in [9.17, 15) is 18.4 Å². The Labute approximate surface area is 163 Å². The molecular formula is C20H14ClF2N3O2. The van der Waals surface area contributed by atoms with E-state index < -0.39 is 29.1 Å². The van der Waals surface area contributed by atoms with Gasteiger partial charge in [-0.25, -0.2) is 18.6 Å². The SMILES string of the molecule is C[C@]1(c2cc(F)ccc2F)NC(=O)N(Cc2cc3ccccc3nc2Cl)C1=O. The number of fused-ring (bicyclic) bond motifs is 1. The minimum Gasteiger partial charge on any atom is -0.319 e. The van der Waals surface area contributed by atoms with Crippen LogP contribution < -0.4 is 5.32 Å². The second kappa shape index (κ2) is 6.53. The molecule has 1 fully saturated rings. The Kier molecular flexibility index (Phi) is 4.27. The minimum atomic E-state index is -1.72. The summed E-state index contributed by atoms with van der Waals surface area (Å²) in [7, 11) is 0. The van der Waals surface area contributed by atoms with E-state index in [-0.39, 0.29) is 17.3 Å². The Morgan fingerprint density at radius 2 is 1.89 bits per heavy atom. The lowest BCUT2D eigenvalue weighted by atomic mass is 9.91. The van der Waals surface area contributed by atoms with Gasteiger partial charge in [0, 0.05) is 16.5 Å². The largest absolute Gasteiger partial charge is 0.325 e. The molecule has 0 spiro atoms. The van der Waals surface area contributed by atoms with Gasteiger partial charge < -0.3 is 5.32 Å². The van der Waals surface area contributed by atoms with Gasteiger partial charge >= 0.3 is 6.03 Å². The molecule has 0 aliphatic carbocycles. The predicted molar refractivity (Wildman–Crippen MR) is 99.5 cm³/mol. The zero-order valence-electron chi connectivity index (χ0n) is 14.7. The third-order valence-corrected chi connectivity index (χ3v) is 5.15. The molecule has 1 aliphatic rings. The summed E-state index contributed by atoms with van der Waals surface area (Å²) in [6, 6.07) is 11.1. The first-order valence-electron chi connectivity index (χ1n) is 8.43. The molecule has 3 amide bonds. The van der Waals surface area contributed by atoms with Gasteiger partial charge in [-0.15, -0.1) is 0 Å². The molecule has 1 aromatic heterocycles. The van der Waals surface area contributed by atoms with Crippen molar-refractivity contribution in [1.29, 1.82) is 0 Å². The Bertz CT molecular complexity index is 1140. The number of nitrogens with zero attached hydrogens (tertiary/aromatic N) is 2. The second-order valence-electron chi connectivity index (χ2n) is 6.70. The van der Waals surface area contributed by atoms with E-state index in [4.69, 9.17) is 11.6 Å². The van der Waals surface area contributed by atoms with E-state index in [0.29, 0.717) is 11.1 Å². The van der Waals surface area contributed by atoms with Gasteiger partial charge in [0.1, 0.15) is 22.3 Å². The van der Waals surface area contributed by atoms with Crippen LogP contribution >= 0.6 is 11.6 Å². The molecule has 1 atom stereocenters. The standard InChI is InChI=1S/C20H14ClF2N3O2/c1-20(14-9-13(22)6-7-15(14)23)18(27)26(19(28)25-20)10-12-8-11-4-2-3-5-16(11)24-17(12)21/h2-9H,10H2,1H3,(H,25,28)/t20-/m1/s1. The summed E-state index contributed by atoms with van der Waals surface area (Å²) in [5.41, 5.74) is -0.816. The van der Waals surface area contributed by atoms with Crippen LogP contribution in [0.5, 0.6) is 0 Å². The molecular weight excluding hydrogens is 388 g/mol. The Morgan fingerprint density at radius 3 is 2.68 bits per heavy atom. The van der Waals surface area contributed by atoms with Crippen LogP contribution in [-0.2, 0) is 16.9 Å². The number of rotatable bonds is 3. The summed E-state index contributed by atoms with van der Waals surface area (Å²) in [4.78, 5) is 30.6. The van der Waals surface area contributed by atoms with E-state index in [1.165, 1.54) is 6.92 Å². The van der Waals surface area contributed by atoms with E-state index in [2.05, 4.69) is 10.3 Å². The van der Waals surface area contributed by atoms with Crippen LogP contribution in [0, 0.1) is 11.6 Å². The number of para-hydroxylation sites is 1. The molecule has 28 heavy (non-hydrogen) atoms. The normalized spacial score (nSPS) is 19.4. The number of aromatic nitrogens is 1. The second-order valence-corrected chi connectivity index (χ2v) is 7.06. The first-order chi connectivity index (χ1) is 13.3. The summed E-state index contributed by atoms with van der Waals surface area (Å²) in [5, 5.41) is 3.41. The van der Waals surface area contributed by atoms with Crippen molar-refractivity contribution in [2.75, 3.05) is 0 Å². The summed E-state index contributed by atoms with van der Waals surface area (Å²) in [6.45, 7) is 1.19. The number of hydrogen-bond acceptors (Lipinski definition) is 3. The molecule has 142 valence electrons. The number of imide groups is 1. The molecule has 1 aliphatic heterocycles. The predicted octanol–water partition coefficient (Wildman–Crippen LogP) is 4.13. The number of carbonyl (C=O) groups is 2. The van der Waals surface area contributed by atoms with Gasteiger partial charge in [-0.2, -0.15) is 0 Å². The third kappa shape index (κ3) is 2.88. The minimum absolute atomic E-state index is 0.145. The van der Waals surface area contributed by atoms with Crippen molar-refractivity contribution in [1.82, 2.24) is 15.2 Å². The van der Waals surface area contributed by atoms with Gasteiger partial charge in [-0.05, 0) is 37.3 Å². The van der Waals surface area contributed by atoms with Crippen LogP contribution in [0.1, 0.15) is 18.1 Å². The number of benzene rings is 2. The van der Waals surface area contributed by atoms with Crippen LogP contribution in [0.3, 0.4) is 0 Å². The highest BCUT2D eigenvalue weighted by Gasteiger charge is 2.50. The molecule has 0 radical (unpaired) electrons. The van der Waals surface area contributed by atoms with Crippen molar-refractivity contribution < 1.29 is 18.4 Å². The van der Waals surface area contributed by atoms with E-state index in [1.807, 2.05) is 18.2 Å². The van der Waals surface area contributed by atoms with Gasteiger partial charge in [0.25, 0.3) is 5.91 Å². The Balaban J connectivity index is 1.70. The molecule has 2 heterocycles. The first kappa shape index (κ1) is 18.3. The van der Waals surface area contributed by atoms with Crippen LogP contribution in [0.2, 0.25) is 5.15 Å². The molecule has 0 saturated carbocycles. The molecule has 5 nitrogen and oxygen atoms in total. The van der Waals surface area contributed by atoms with Crippen molar-refractivity contribution in [3.63, 3.8) is 0 Å². The highest BCUT2D eigenvalue weighted by molar-refractivity contribution is 6.30. The maximum absolute atomic E-state index is 14.2. The number of nitrogens with one attached hydrogen (secondary N) is 1. The van der Waals surface area contributed by atoms with Crippen molar-refractivity contribution >= 4 is 34.4 Å². The van der Waals surface area contributed by atoms with Crippen molar-refractivity contribution in [2.45, 2.75) is 19.0 Å². The van der Waals surface area contributed by atoms with Crippen molar-refractivity contribution in [2.24, 2.45) is 0 Å². The molecule has 2 aromatic carbocycles. The number of carbonyl (C=O) groups excluding carboxylic acids is 2. The lowest BCUT2D eigenvalue weighted by Gasteiger charge is -2.23. The molecule has 1 N–H and O–H groups in total. The van der Waals surface area contributed by atoms with Crippen LogP contribution in [0.4, 0.5) is 13.6 Å². The fraction of sp³-hybridized carbons (Fsp3) is 0.150. The number of pyridine rings is 1. The molecule has 4 rings (SSSR count). The number of urea groups is 1. The zero-order valence-corrected chi connectivity index (χ0v) is 15.4. The molecule has 0 bridgehead atoms. The van der Waals surface area contributed by atoms with Crippen molar-refractivity contribution in [3.05, 3.63) is 76.4 Å². The van der Waals surface area contributed by atoms with Crippen LogP contribution in [0.25, 0.3) is 10.9 Å². The Morgan fingerprint density at radius 1 is 1.14 bits per heavy atom. The van der Waals surface area contributed by atoms with Gasteiger partial charge in [0.15, 0.2) is 0 Å². The number of halogens is 3. The topological polar surface area (TPSA) is 62.3 Å². The highest BCUT2D eigenvalue weighted by atomic mass is 35.5. The smallest absolute Gasteiger partial charge is 0.319 e. The molecule has 0 unspecified atom stereocenters. The zero-order chi connectivity index (χ0) is 20.1. The van der Waals surface area contributed by atoms with Gasteiger partial charge in [-0.1, -0.05) is 29.8 Å². The monoisotopic (exact) mass is 401 g/mol. The molecule has 3 aromatic rings. The number of hydrogen-bond donors (Lipinski definition) is 1. The summed E-state index contributed by atoms with van der Waals surface area (Å²) in [5.74, 6) is -2.20. The highest BCUT2D eigenvalue weighted by Crippen LogP contribution is 2.33. The average molecular weight is 402 g/mol. The van der Waals surface area contributed by atoms with Crippen LogP contribution in [0.15, 0.2) is 48.5 Å². The summed E-state index contributed by atoms with van der Waals surface area (Å²) < 4.78 is 27.8. The fourth-order valence-electron chi connectivity index (χ4n) is 3.32. The summed E-state index contributed by atoms with van der Waals surface area (Å²) in [6.07, 6.45) is 0. The van der Waals surface area contributed by atoms with E-state index in [1.54, 1.807) is 12.1 Å². The summed E-state index contributed by atoms with van der Waals surface area (Å²) >= 11 is 6.22. The quantitative estimate of drug-likeness (QED) is 0.530. The van der Waals surface area contributed by atoms with Gasteiger partial charge in [0.2, 0.25) is 0 Å². The van der Waals surface area contributed by atoms with E-state index >= 15 is 0 Å². The average Bonchev–Trinajstić information content (AvgIpc) is 2.88.